The summed E-state index contributed by atoms with van der Waals surface area (Å²) in [6.45, 7) is 5.59. The first-order valence-corrected chi connectivity index (χ1v) is 9.27. The number of phenols is 1. The van der Waals surface area contributed by atoms with Crippen LogP contribution in [0.15, 0.2) is 41.6 Å². The van der Waals surface area contributed by atoms with E-state index in [2.05, 4.69) is 16.0 Å². The van der Waals surface area contributed by atoms with Gasteiger partial charge in [-0.2, -0.15) is 0 Å². The fourth-order valence-electron chi connectivity index (χ4n) is 3.01. The van der Waals surface area contributed by atoms with Crippen molar-refractivity contribution in [3.63, 3.8) is 0 Å². The normalized spacial score (nSPS) is 16.5. The van der Waals surface area contributed by atoms with E-state index in [-0.39, 0.29) is 21.7 Å². The zero-order chi connectivity index (χ0) is 20.6. The van der Waals surface area contributed by atoms with Gasteiger partial charge in [-0.1, -0.05) is 29.3 Å². The molecular weight excluding hydrogens is 401 g/mol. The van der Waals surface area contributed by atoms with E-state index in [4.69, 9.17) is 23.2 Å². The number of benzene rings is 2. The van der Waals surface area contributed by atoms with E-state index in [9.17, 15) is 14.7 Å². The minimum Gasteiger partial charge on any atom is -0.505 e. The van der Waals surface area contributed by atoms with Crippen molar-refractivity contribution in [1.82, 2.24) is 10.6 Å². The number of aromatic hydroxyl groups is 1. The number of allylic oxidation sites excluding steroid dienone is 1. The van der Waals surface area contributed by atoms with Crippen molar-refractivity contribution in [2.45, 2.75) is 26.8 Å². The lowest BCUT2D eigenvalue weighted by Crippen LogP contribution is -2.46. The zero-order valence-corrected chi connectivity index (χ0v) is 17.0. The van der Waals surface area contributed by atoms with Crippen LogP contribution in [0, 0.1) is 13.8 Å². The maximum atomic E-state index is 13.0. The van der Waals surface area contributed by atoms with E-state index in [1.807, 2.05) is 32.0 Å². The Morgan fingerprint density at radius 2 is 1.71 bits per heavy atom. The molecule has 3 amide bonds. The Morgan fingerprint density at radius 1 is 1.07 bits per heavy atom. The highest BCUT2D eigenvalue weighted by atomic mass is 35.5. The number of hydrogen-bond acceptors (Lipinski definition) is 3. The minimum absolute atomic E-state index is 0.0295. The molecule has 28 heavy (non-hydrogen) atoms. The highest BCUT2D eigenvalue weighted by Crippen LogP contribution is 2.37. The van der Waals surface area contributed by atoms with E-state index < -0.39 is 12.1 Å². The minimum atomic E-state index is -0.782. The van der Waals surface area contributed by atoms with Gasteiger partial charge in [-0.3, -0.25) is 4.79 Å². The van der Waals surface area contributed by atoms with Crippen LogP contribution in [0.1, 0.15) is 29.7 Å². The Morgan fingerprint density at radius 3 is 2.32 bits per heavy atom. The summed E-state index contributed by atoms with van der Waals surface area (Å²) >= 11 is 12.0. The second kappa shape index (κ2) is 7.73. The summed E-state index contributed by atoms with van der Waals surface area (Å²) in [4.78, 5) is 25.0. The van der Waals surface area contributed by atoms with Gasteiger partial charge in [0.15, 0.2) is 5.75 Å². The molecule has 0 spiro atoms. The maximum absolute atomic E-state index is 13.0. The van der Waals surface area contributed by atoms with Gasteiger partial charge in [-0.05, 0) is 61.7 Å². The first-order valence-electron chi connectivity index (χ1n) is 8.52. The first kappa shape index (κ1) is 20.0. The summed E-state index contributed by atoms with van der Waals surface area (Å²) in [5.41, 5.74) is 4.02. The number of carbonyl (C=O) groups excluding carboxylic acids is 2. The molecule has 0 fully saturated rings. The highest BCUT2D eigenvalue weighted by molar-refractivity contribution is 6.37. The molecular formula is C20H19Cl2N3O3. The van der Waals surface area contributed by atoms with Gasteiger partial charge in [0.25, 0.3) is 5.91 Å². The Balaban J connectivity index is 1.99. The van der Waals surface area contributed by atoms with Crippen molar-refractivity contribution >= 4 is 40.8 Å². The molecule has 0 saturated carbocycles. The van der Waals surface area contributed by atoms with E-state index in [1.165, 1.54) is 12.1 Å². The van der Waals surface area contributed by atoms with Gasteiger partial charge in [-0.25, -0.2) is 4.79 Å². The molecule has 0 unspecified atom stereocenters. The molecule has 1 atom stereocenters. The maximum Gasteiger partial charge on any atom is 0.319 e. The Labute approximate surface area is 172 Å². The van der Waals surface area contributed by atoms with Crippen molar-refractivity contribution in [2.75, 3.05) is 5.32 Å². The Bertz CT molecular complexity index is 995. The number of rotatable bonds is 3. The second-order valence-electron chi connectivity index (χ2n) is 6.66. The van der Waals surface area contributed by atoms with E-state index in [0.717, 1.165) is 11.1 Å². The number of urea groups is 1. The van der Waals surface area contributed by atoms with Crippen molar-refractivity contribution in [2.24, 2.45) is 0 Å². The van der Waals surface area contributed by atoms with Crippen molar-refractivity contribution < 1.29 is 14.7 Å². The number of anilines is 1. The molecule has 0 aliphatic carbocycles. The largest absolute Gasteiger partial charge is 0.505 e. The van der Waals surface area contributed by atoms with Crippen LogP contribution in [0.4, 0.5) is 10.5 Å². The molecule has 8 heteroatoms. The van der Waals surface area contributed by atoms with Crippen molar-refractivity contribution in [3.05, 3.63) is 68.3 Å². The summed E-state index contributed by atoms with van der Waals surface area (Å²) in [6, 6.07) is 7.31. The predicted octanol–water partition coefficient (Wildman–Crippen LogP) is 4.58. The third-order valence-electron chi connectivity index (χ3n) is 4.65. The Kier molecular flexibility index (Phi) is 5.54. The average Bonchev–Trinajstić information content (AvgIpc) is 2.61. The van der Waals surface area contributed by atoms with E-state index in [0.29, 0.717) is 22.5 Å². The number of carbonyl (C=O) groups is 2. The summed E-state index contributed by atoms with van der Waals surface area (Å²) in [6.07, 6.45) is 0. The molecule has 0 bridgehead atoms. The third-order valence-corrected chi connectivity index (χ3v) is 5.23. The van der Waals surface area contributed by atoms with E-state index in [1.54, 1.807) is 6.92 Å². The first-order chi connectivity index (χ1) is 13.2. The van der Waals surface area contributed by atoms with Crippen LogP contribution in [0.3, 0.4) is 0 Å². The summed E-state index contributed by atoms with van der Waals surface area (Å²) in [7, 11) is 0. The van der Waals surface area contributed by atoms with Gasteiger partial charge in [0.1, 0.15) is 0 Å². The lowest BCUT2D eigenvalue weighted by molar-refractivity contribution is -0.113. The Hall–Kier alpha value is -2.70. The van der Waals surface area contributed by atoms with Crippen LogP contribution >= 0.6 is 23.2 Å². The zero-order valence-electron chi connectivity index (χ0n) is 15.5. The molecule has 1 aliphatic rings. The molecule has 2 aromatic rings. The summed E-state index contributed by atoms with van der Waals surface area (Å²) < 4.78 is 0. The molecule has 0 aromatic heterocycles. The summed E-state index contributed by atoms with van der Waals surface area (Å²) in [5.74, 6) is -0.632. The van der Waals surface area contributed by atoms with Crippen LogP contribution in [0.25, 0.3) is 0 Å². The van der Waals surface area contributed by atoms with Gasteiger partial charge in [0.05, 0.1) is 21.7 Å². The quantitative estimate of drug-likeness (QED) is 0.586. The number of aryl methyl sites for hydroxylation is 2. The smallest absolute Gasteiger partial charge is 0.319 e. The molecule has 146 valence electrons. The molecule has 0 saturated heterocycles. The van der Waals surface area contributed by atoms with Crippen LogP contribution in [0.2, 0.25) is 10.0 Å². The fourth-order valence-corrected chi connectivity index (χ4v) is 3.52. The molecule has 1 heterocycles. The third kappa shape index (κ3) is 3.93. The molecule has 6 nitrogen and oxygen atoms in total. The molecule has 3 rings (SSSR count). The number of nitrogens with one attached hydrogen (secondary N) is 3. The van der Waals surface area contributed by atoms with Crippen LogP contribution in [0.5, 0.6) is 5.75 Å². The van der Waals surface area contributed by atoms with Crippen LogP contribution in [-0.4, -0.2) is 17.0 Å². The van der Waals surface area contributed by atoms with Gasteiger partial charge < -0.3 is 21.1 Å². The molecule has 0 radical (unpaired) electrons. The number of hydrogen-bond donors (Lipinski definition) is 4. The van der Waals surface area contributed by atoms with E-state index >= 15 is 0 Å². The number of phenolic OH excluding ortho intramolecular Hbond substituents is 1. The second-order valence-corrected chi connectivity index (χ2v) is 7.47. The SMILES string of the molecule is CC1=C(C(=O)Nc2ccc(C)c(C)c2)[C@@H](c2cc(Cl)c(O)c(Cl)c2)NC(=O)N1. The van der Waals surface area contributed by atoms with Gasteiger partial charge in [0, 0.05) is 11.4 Å². The standard InChI is InChI=1S/C20H19Cl2N3O3/c1-9-4-5-13(6-10(9)2)24-19(27)16-11(3)23-20(28)25-17(16)12-7-14(21)18(26)15(22)8-12/h4-8,17,26H,1-3H3,(H,24,27)(H2,23,25,28)/t17-/m1/s1. The van der Waals surface area contributed by atoms with Gasteiger partial charge >= 0.3 is 6.03 Å². The summed E-state index contributed by atoms with van der Waals surface area (Å²) in [5, 5.41) is 18.0. The molecule has 4 N–H and O–H groups in total. The van der Waals surface area contributed by atoms with Crippen molar-refractivity contribution in [3.8, 4) is 5.75 Å². The van der Waals surface area contributed by atoms with Gasteiger partial charge in [-0.15, -0.1) is 0 Å². The van der Waals surface area contributed by atoms with Crippen LogP contribution < -0.4 is 16.0 Å². The number of halogens is 2. The lowest BCUT2D eigenvalue weighted by atomic mass is 9.94. The molecule has 1 aliphatic heterocycles. The monoisotopic (exact) mass is 419 g/mol. The molecule has 2 aromatic carbocycles. The van der Waals surface area contributed by atoms with Crippen molar-refractivity contribution in [1.29, 1.82) is 0 Å². The predicted molar refractivity (Wildman–Crippen MR) is 110 cm³/mol. The highest BCUT2D eigenvalue weighted by Gasteiger charge is 2.32. The number of amides is 3. The average molecular weight is 420 g/mol. The topological polar surface area (TPSA) is 90.5 Å². The fraction of sp³-hybridized carbons (Fsp3) is 0.200. The van der Waals surface area contributed by atoms with Crippen LogP contribution in [-0.2, 0) is 4.79 Å². The van der Waals surface area contributed by atoms with Gasteiger partial charge in [0.2, 0.25) is 0 Å². The lowest BCUT2D eigenvalue weighted by Gasteiger charge is -2.29.